The van der Waals surface area contributed by atoms with Gasteiger partial charge >= 0.3 is 0 Å². The molecule has 0 aliphatic rings. The van der Waals surface area contributed by atoms with Crippen molar-refractivity contribution in [2.45, 2.75) is 17.9 Å². The zero-order valence-electron chi connectivity index (χ0n) is 11.4. The van der Waals surface area contributed by atoms with Gasteiger partial charge in [-0.25, -0.2) is 0 Å². The van der Waals surface area contributed by atoms with E-state index in [0.29, 0.717) is 19.3 Å². The van der Waals surface area contributed by atoms with Crippen LogP contribution >= 0.6 is 11.8 Å². The van der Waals surface area contributed by atoms with Crippen LogP contribution < -0.4 is 5.32 Å². The molecule has 1 aromatic rings. The molecule has 0 amide bonds. The van der Waals surface area contributed by atoms with Gasteiger partial charge in [0.2, 0.25) is 0 Å². The molecule has 1 atom stereocenters. The third-order valence-electron chi connectivity index (χ3n) is 2.72. The molecular formula is C14H23NO2S. The summed E-state index contributed by atoms with van der Waals surface area (Å²) in [6.07, 6.45) is 0. The topological polar surface area (TPSA) is 30.5 Å². The highest BCUT2D eigenvalue weighted by Crippen LogP contribution is 2.22. The number of hydrogen-bond acceptors (Lipinski definition) is 4. The number of methoxy groups -OCH3 is 1. The summed E-state index contributed by atoms with van der Waals surface area (Å²) in [6, 6.07) is 9.04. The molecule has 0 bridgehead atoms. The summed E-state index contributed by atoms with van der Waals surface area (Å²) in [6.45, 7) is 4.27. The summed E-state index contributed by atoms with van der Waals surface area (Å²) >= 11 is 1.83. The lowest BCUT2D eigenvalue weighted by Crippen LogP contribution is -2.12. The fourth-order valence-electron chi connectivity index (χ4n) is 1.50. The Hall–Kier alpha value is -0.550. The summed E-state index contributed by atoms with van der Waals surface area (Å²) in [5, 5.41) is 3.25. The van der Waals surface area contributed by atoms with Crippen LogP contribution in [0.5, 0.6) is 0 Å². The van der Waals surface area contributed by atoms with Gasteiger partial charge in [-0.2, -0.15) is 0 Å². The van der Waals surface area contributed by atoms with E-state index in [4.69, 9.17) is 9.47 Å². The second-order valence-corrected chi connectivity index (χ2v) is 5.20. The van der Waals surface area contributed by atoms with Gasteiger partial charge in [0.25, 0.3) is 0 Å². The molecule has 0 fully saturated rings. The summed E-state index contributed by atoms with van der Waals surface area (Å²) in [5.41, 5.74) is 1.32. The summed E-state index contributed by atoms with van der Waals surface area (Å²) in [5.74, 6) is 0.973. The molecule has 0 radical (unpaired) electrons. The number of nitrogens with one attached hydrogen (secondary N) is 1. The third-order valence-corrected chi connectivity index (χ3v) is 3.68. The SMILES string of the molecule is CNC(C)c1cccc(SCCOCCOC)c1. The molecule has 0 saturated heterocycles. The molecule has 0 aromatic heterocycles. The minimum absolute atomic E-state index is 0.392. The van der Waals surface area contributed by atoms with Crippen LogP contribution in [0.1, 0.15) is 18.5 Å². The molecule has 18 heavy (non-hydrogen) atoms. The van der Waals surface area contributed by atoms with E-state index in [1.165, 1.54) is 10.5 Å². The van der Waals surface area contributed by atoms with Crippen LogP contribution in [-0.2, 0) is 9.47 Å². The fraction of sp³-hybridized carbons (Fsp3) is 0.571. The zero-order valence-corrected chi connectivity index (χ0v) is 12.3. The Labute approximate surface area is 114 Å². The van der Waals surface area contributed by atoms with Gasteiger partial charge in [0.15, 0.2) is 0 Å². The van der Waals surface area contributed by atoms with Gasteiger partial charge in [0.05, 0.1) is 19.8 Å². The van der Waals surface area contributed by atoms with Crippen LogP contribution in [0, 0.1) is 0 Å². The lowest BCUT2D eigenvalue weighted by Gasteiger charge is -2.11. The number of ether oxygens (including phenoxy) is 2. The predicted molar refractivity (Wildman–Crippen MR) is 77.3 cm³/mol. The van der Waals surface area contributed by atoms with Crippen LogP contribution in [0.3, 0.4) is 0 Å². The molecule has 0 spiro atoms. The lowest BCUT2D eigenvalue weighted by atomic mass is 10.1. The number of hydrogen-bond donors (Lipinski definition) is 1. The largest absolute Gasteiger partial charge is 0.382 e. The quantitative estimate of drug-likeness (QED) is 0.551. The van der Waals surface area contributed by atoms with E-state index in [0.717, 1.165) is 12.4 Å². The van der Waals surface area contributed by atoms with E-state index in [9.17, 15) is 0 Å². The molecule has 3 nitrogen and oxygen atoms in total. The van der Waals surface area contributed by atoms with Crippen molar-refractivity contribution >= 4 is 11.8 Å². The Balaban J connectivity index is 2.29. The number of rotatable bonds is 9. The molecule has 1 rings (SSSR count). The summed E-state index contributed by atoms with van der Waals surface area (Å²) in [7, 11) is 3.67. The lowest BCUT2D eigenvalue weighted by molar-refractivity contribution is 0.0790. The van der Waals surface area contributed by atoms with Gasteiger partial charge in [-0.15, -0.1) is 11.8 Å². The Morgan fingerprint density at radius 1 is 1.28 bits per heavy atom. The van der Waals surface area contributed by atoms with Gasteiger partial charge in [0.1, 0.15) is 0 Å². The maximum absolute atomic E-state index is 5.44. The van der Waals surface area contributed by atoms with Crippen molar-refractivity contribution in [1.29, 1.82) is 0 Å². The normalized spacial score (nSPS) is 12.6. The van der Waals surface area contributed by atoms with Gasteiger partial charge < -0.3 is 14.8 Å². The first-order valence-corrected chi connectivity index (χ1v) is 7.23. The molecule has 0 saturated carbocycles. The molecule has 102 valence electrons. The third kappa shape index (κ3) is 5.87. The van der Waals surface area contributed by atoms with E-state index < -0.39 is 0 Å². The Kier molecular flexibility index (Phi) is 8.09. The van der Waals surface area contributed by atoms with E-state index in [1.807, 2.05) is 18.8 Å². The van der Waals surface area contributed by atoms with Gasteiger partial charge in [-0.3, -0.25) is 0 Å². The molecule has 0 heterocycles. The minimum Gasteiger partial charge on any atom is -0.382 e. The summed E-state index contributed by atoms with van der Waals surface area (Å²) < 4.78 is 10.4. The van der Waals surface area contributed by atoms with Crippen molar-refractivity contribution in [2.24, 2.45) is 0 Å². The highest BCUT2D eigenvalue weighted by atomic mass is 32.2. The van der Waals surface area contributed by atoms with E-state index in [2.05, 4.69) is 36.5 Å². The first-order valence-electron chi connectivity index (χ1n) is 6.24. The Morgan fingerprint density at radius 3 is 2.83 bits per heavy atom. The van der Waals surface area contributed by atoms with E-state index in [1.54, 1.807) is 7.11 Å². The first kappa shape index (κ1) is 15.5. The average Bonchev–Trinajstić information content (AvgIpc) is 2.42. The van der Waals surface area contributed by atoms with Gasteiger partial charge in [-0.1, -0.05) is 12.1 Å². The van der Waals surface area contributed by atoms with Crippen molar-refractivity contribution in [3.05, 3.63) is 29.8 Å². The Bertz CT molecular complexity index is 333. The molecule has 1 N–H and O–H groups in total. The molecule has 1 unspecified atom stereocenters. The fourth-order valence-corrected chi connectivity index (χ4v) is 2.33. The maximum atomic E-state index is 5.44. The van der Waals surface area contributed by atoms with Crippen LogP contribution in [0.2, 0.25) is 0 Å². The number of benzene rings is 1. The standard InChI is InChI=1S/C14H23NO2S/c1-12(15-2)13-5-4-6-14(11-13)18-10-9-17-8-7-16-3/h4-6,11-12,15H,7-10H2,1-3H3. The van der Waals surface area contributed by atoms with Gasteiger partial charge in [-0.05, 0) is 31.7 Å². The molecule has 0 aliphatic heterocycles. The minimum atomic E-state index is 0.392. The van der Waals surface area contributed by atoms with Crippen LogP contribution in [-0.4, -0.2) is 39.7 Å². The van der Waals surface area contributed by atoms with Crippen LogP contribution in [0.25, 0.3) is 0 Å². The molecular weight excluding hydrogens is 246 g/mol. The predicted octanol–water partition coefficient (Wildman–Crippen LogP) is 2.72. The first-order chi connectivity index (χ1) is 8.77. The maximum Gasteiger partial charge on any atom is 0.0700 e. The van der Waals surface area contributed by atoms with Crippen LogP contribution in [0.15, 0.2) is 29.2 Å². The highest BCUT2D eigenvalue weighted by molar-refractivity contribution is 7.99. The second-order valence-electron chi connectivity index (χ2n) is 4.04. The zero-order chi connectivity index (χ0) is 13.2. The smallest absolute Gasteiger partial charge is 0.0700 e. The summed E-state index contributed by atoms with van der Waals surface area (Å²) in [4.78, 5) is 1.30. The van der Waals surface area contributed by atoms with Crippen molar-refractivity contribution in [1.82, 2.24) is 5.32 Å². The molecule has 1 aromatic carbocycles. The molecule has 4 heteroatoms. The van der Waals surface area contributed by atoms with Crippen molar-refractivity contribution in [3.63, 3.8) is 0 Å². The monoisotopic (exact) mass is 269 g/mol. The number of thioether (sulfide) groups is 1. The highest BCUT2D eigenvalue weighted by Gasteiger charge is 2.03. The van der Waals surface area contributed by atoms with E-state index >= 15 is 0 Å². The average molecular weight is 269 g/mol. The van der Waals surface area contributed by atoms with Crippen molar-refractivity contribution in [3.8, 4) is 0 Å². The second kappa shape index (κ2) is 9.39. The van der Waals surface area contributed by atoms with Crippen LogP contribution in [0.4, 0.5) is 0 Å². The van der Waals surface area contributed by atoms with Crippen molar-refractivity contribution < 1.29 is 9.47 Å². The molecule has 0 aliphatic carbocycles. The van der Waals surface area contributed by atoms with Gasteiger partial charge in [0, 0.05) is 23.8 Å². The Morgan fingerprint density at radius 2 is 2.11 bits per heavy atom. The van der Waals surface area contributed by atoms with E-state index in [-0.39, 0.29) is 0 Å². The van der Waals surface area contributed by atoms with Crippen molar-refractivity contribution in [2.75, 3.05) is 39.7 Å².